The van der Waals surface area contributed by atoms with Gasteiger partial charge in [0, 0.05) is 13.0 Å². The van der Waals surface area contributed by atoms with Crippen LogP contribution in [0, 0.1) is 0 Å². The van der Waals surface area contributed by atoms with E-state index in [1.807, 2.05) is 12.1 Å². The fraction of sp³-hybridized carbons (Fsp3) is 0.538. The molecule has 5 nitrogen and oxygen atoms in total. The molecule has 3 heterocycles. The molecule has 0 fully saturated rings. The van der Waals surface area contributed by atoms with Crippen LogP contribution in [0.25, 0.3) is 0 Å². The van der Waals surface area contributed by atoms with E-state index in [0.29, 0.717) is 0 Å². The van der Waals surface area contributed by atoms with Crippen LogP contribution in [0.3, 0.4) is 0 Å². The largest absolute Gasteiger partial charge is 0.468 e. The molecule has 5 heteroatoms. The van der Waals surface area contributed by atoms with Gasteiger partial charge in [-0.25, -0.2) is 0 Å². The van der Waals surface area contributed by atoms with Gasteiger partial charge in [0.1, 0.15) is 17.4 Å². The van der Waals surface area contributed by atoms with Crippen molar-refractivity contribution in [2.24, 2.45) is 0 Å². The zero-order valence-electron chi connectivity index (χ0n) is 10.6. The van der Waals surface area contributed by atoms with Crippen LogP contribution in [-0.2, 0) is 19.5 Å². The molecule has 2 aromatic heterocycles. The summed E-state index contributed by atoms with van der Waals surface area (Å²) in [5, 5.41) is 12.0. The van der Waals surface area contributed by atoms with Crippen LogP contribution in [-0.4, -0.2) is 14.8 Å². The molecule has 96 valence electrons. The summed E-state index contributed by atoms with van der Waals surface area (Å²) in [5.74, 6) is 3.11. The third kappa shape index (κ3) is 2.18. The van der Waals surface area contributed by atoms with Gasteiger partial charge in [0.2, 0.25) is 0 Å². The zero-order chi connectivity index (χ0) is 12.4. The van der Waals surface area contributed by atoms with E-state index >= 15 is 0 Å². The van der Waals surface area contributed by atoms with Gasteiger partial charge in [0.05, 0.1) is 18.8 Å². The predicted molar refractivity (Wildman–Crippen MR) is 66.9 cm³/mol. The Kier molecular flexibility index (Phi) is 3.15. The summed E-state index contributed by atoms with van der Waals surface area (Å²) in [6.45, 7) is 3.88. The highest BCUT2D eigenvalue weighted by molar-refractivity contribution is 5.04. The van der Waals surface area contributed by atoms with Crippen molar-refractivity contribution in [3.05, 3.63) is 35.8 Å². The maximum atomic E-state index is 5.31. The fourth-order valence-electron chi connectivity index (χ4n) is 2.41. The van der Waals surface area contributed by atoms with Gasteiger partial charge in [-0.2, -0.15) is 0 Å². The van der Waals surface area contributed by atoms with Gasteiger partial charge in [-0.05, 0) is 31.9 Å². The number of nitrogens with zero attached hydrogens (tertiary/aromatic N) is 3. The van der Waals surface area contributed by atoms with Crippen molar-refractivity contribution in [3.8, 4) is 0 Å². The monoisotopic (exact) mass is 246 g/mol. The summed E-state index contributed by atoms with van der Waals surface area (Å²) in [7, 11) is 0. The average molecular weight is 246 g/mol. The first-order valence-corrected chi connectivity index (χ1v) is 6.52. The molecule has 0 spiro atoms. The Hall–Kier alpha value is -1.62. The second-order valence-electron chi connectivity index (χ2n) is 4.77. The standard InChI is InChI=1S/C13H18N4O/c1-10(14-9-11-5-4-8-18-11)13-16-15-12-6-2-3-7-17(12)13/h4-5,8,10,14H,2-3,6-7,9H2,1H3/t10-/m0/s1. The van der Waals surface area contributed by atoms with Crippen LogP contribution in [0.4, 0.5) is 0 Å². The Labute approximate surface area is 106 Å². The summed E-state index contributed by atoms with van der Waals surface area (Å²) in [6.07, 6.45) is 5.20. The molecular weight excluding hydrogens is 228 g/mol. The molecule has 1 N–H and O–H groups in total. The Morgan fingerprint density at radius 3 is 3.22 bits per heavy atom. The summed E-state index contributed by atoms with van der Waals surface area (Å²) in [6, 6.07) is 4.06. The molecule has 0 amide bonds. The SMILES string of the molecule is C[C@H](NCc1ccco1)c1nnc2n1CCCC2. The average Bonchev–Trinajstić information content (AvgIpc) is 3.05. The normalized spacial score (nSPS) is 16.5. The molecule has 0 aromatic carbocycles. The molecule has 0 bridgehead atoms. The van der Waals surface area contributed by atoms with Crippen LogP contribution < -0.4 is 5.32 Å². The minimum atomic E-state index is 0.189. The predicted octanol–water partition coefficient (Wildman–Crippen LogP) is 2.06. The summed E-state index contributed by atoms with van der Waals surface area (Å²) in [4.78, 5) is 0. The van der Waals surface area contributed by atoms with Gasteiger partial charge in [-0.1, -0.05) is 0 Å². The van der Waals surface area contributed by atoms with Crippen molar-refractivity contribution in [3.63, 3.8) is 0 Å². The number of aromatic nitrogens is 3. The smallest absolute Gasteiger partial charge is 0.149 e. The maximum Gasteiger partial charge on any atom is 0.149 e. The first kappa shape index (κ1) is 11.5. The number of furan rings is 1. The number of hydrogen-bond acceptors (Lipinski definition) is 4. The highest BCUT2D eigenvalue weighted by Crippen LogP contribution is 2.19. The lowest BCUT2D eigenvalue weighted by atomic mass is 10.1. The van der Waals surface area contributed by atoms with E-state index in [1.165, 1.54) is 12.8 Å². The quantitative estimate of drug-likeness (QED) is 0.897. The minimum Gasteiger partial charge on any atom is -0.468 e. The fourth-order valence-corrected chi connectivity index (χ4v) is 2.41. The summed E-state index contributed by atoms with van der Waals surface area (Å²) in [5.41, 5.74) is 0. The molecule has 0 saturated carbocycles. The van der Waals surface area contributed by atoms with E-state index in [2.05, 4.69) is 27.0 Å². The van der Waals surface area contributed by atoms with E-state index in [1.54, 1.807) is 6.26 Å². The Morgan fingerprint density at radius 1 is 1.44 bits per heavy atom. The van der Waals surface area contributed by atoms with Crippen molar-refractivity contribution < 1.29 is 4.42 Å². The van der Waals surface area contributed by atoms with Gasteiger partial charge in [0.25, 0.3) is 0 Å². The van der Waals surface area contributed by atoms with Crippen LogP contribution in [0.5, 0.6) is 0 Å². The van der Waals surface area contributed by atoms with E-state index in [0.717, 1.165) is 36.9 Å². The number of aryl methyl sites for hydroxylation is 1. The van der Waals surface area contributed by atoms with Crippen LogP contribution in [0.2, 0.25) is 0 Å². The Bertz CT molecular complexity index is 503. The lowest BCUT2D eigenvalue weighted by Gasteiger charge is -2.18. The topological polar surface area (TPSA) is 55.9 Å². The first-order valence-electron chi connectivity index (χ1n) is 6.52. The van der Waals surface area contributed by atoms with Crippen molar-refractivity contribution >= 4 is 0 Å². The van der Waals surface area contributed by atoms with Gasteiger partial charge in [-0.3, -0.25) is 0 Å². The van der Waals surface area contributed by atoms with Gasteiger partial charge >= 0.3 is 0 Å². The van der Waals surface area contributed by atoms with Crippen molar-refractivity contribution in [1.82, 2.24) is 20.1 Å². The number of rotatable bonds is 4. The Balaban J connectivity index is 1.68. The molecule has 1 aliphatic heterocycles. The van der Waals surface area contributed by atoms with Crippen molar-refractivity contribution in [2.75, 3.05) is 0 Å². The van der Waals surface area contributed by atoms with E-state index < -0.39 is 0 Å². The minimum absolute atomic E-state index is 0.189. The van der Waals surface area contributed by atoms with E-state index in [4.69, 9.17) is 4.42 Å². The van der Waals surface area contributed by atoms with Gasteiger partial charge < -0.3 is 14.3 Å². The molecule has 0 saturated heterocycles. The van der Waals surface area contributed by atoms with Crippen LogP contribution in [0.1, 0.15) is 43.2 Å². The number of nitrogens with one attached hydrogen (secondary N) is 1. The molecule has 1 atom stereocenters. The highest BCUT2D eigenvalue weighted by Gasteiger charge is 2.19. The number of fused-ring (bicyclic) bond motifs is 1. The van der Waals surface area contributed by atoms with E-state index in [9.17, 15) is 0 Å². The third-order valence-electron chi connectivity index (χ3n) is 3.44. The van der Waals surface area contributed by atoms with Gasteiger partial charge in [0.15, 0.2) is 0 Å². The van der Waals surface area contributed by atoms with Crippen LogP contribution in [0.15, 0.2) is 22.8 Å². The summed E-state index contributed by atoms with van der Waals surface area (Å²) >= 11 is 0. The highest BCUT2D eigenvalue weighted by atomic mass is 16.3. The van der Waals surface area contributed by atoms with Crippen molar-refractivity contribution in [2.45, 2.75) is 45.3 Å². The van der Waals surface area contributed by atoms with E-state index in [-0.39, 0.29) is 6.04 Å². The molecule has 0 aliphatic carbocycles. The first-order chi connectivity index (χ1) is 8.84. The summed E-state index contributed by atoms with van der Waals surface area (Å²) < 4.78 is 7.56. The molecular formula is C13H18N4O. The van der Waals surface area contributed by atoms with Crippen molar-refractivity contribution in [1.29, 1.82) is 0 Å². The zero-order valence-corrected chi connectivity index (χ0v) is 10.6. The lowest BCUT2D eigenvalue weighted by Crippen LogP contribution is -2.23. The maximum absolute atomic E-state index is 5.31. The van der Waals surface area contributed by atoms with Gasteiger partial charge in [-0.15, -0.1) is 10.2 Å². The molecule has 18 heavy (non-hydrogen) atoms. The Morgan fingerprint density at radius 2 is 2.39 bits per heavy atom. The second-order valence-corrected chi connectivity index (χ2v) is 4.77. The second kappa shape index (κ2) is 4.94. The number of hydrogen-bond donors (Lipinski definition) is 1. The molecule has 3 rings (SSSR count). The molecule has 0 unspecified atom stereocenters. The molecule has 2 aromatic rings. The third-order valence-corrected chi connectivity index (χ3v) is 3.44. The lowest BCUT2D eigenvalue weighted by molar-refractivity contribution is 0.432. The molecule has 0 radical (unpaired) electrons. The molecule has 1 aliphatic rings. The van der Waals surface area contributed by atoms with Crippen LogP contribution >= 0.6 is 0 Å².